The Bertz CT molecular complexity index is 757. The largest absolute Gasteiger partial charge is 0.486 e. The van der Waals surface area contributed by atoms with Gasteiger partial charge in [0.05, 0.1) is 44.9 Å². The Balaban J connectivity index is 1.35. The zero-order chi connectivity index (χ0) is 21.8. The molecule has 172 valence electrons. The lowest BCUT2D eigenvalue weighted by molar-refractivity contribution is -0.953. The number of carbonyl (C=O) groups excluding carboxylic acids is 1. The smallest absolute Gasteiger partial charge is 0.239 e. The molecule has 7 nitrogen and oxygen atoms in total. The van der Waals surface area contributed by atoms with E-state index in [2.05, 4.69) is 26.0 Å². The van der Waals surface area contributed by atoms with Gasteiger partial charge >= 0.3 is 0 Å². The fraction of sp³-hybridized carbons (Fsp3) is 0.708. The van der Waals surface area contributed by atoms with Crippen LogP contribution in [-0.2, 0) is 16.0 Å². The van der Waals surface area contributed by atoms with E-state index < -0.39 is 0 Å². The van der Waals surface area contributed by atoms with Crippen molar-refractivity contribution >= 4 is 5.91 Å². The summed E-state index contributed by atoms with van der Waals surface area (Å²) in [6.45, 7) is 11.7. The highest BCUT2D eigenvalue weighted by Gasteiger charge is 2.41. The maximum absolute atomic E-state index is 12.8. The average Bonchev–Trinajstić information content (AvgIpc) is 2.83. The molecule has 1 amide bonds. The molecule has 2 saturated heterocycles. The molecule has 2 atom stereocenters. The molecule has 4 rings (SSSR count). The van der Waals surface area contributed by atoms with Crippen LogP contribution in [-0.4, -0.2) is 86.5 Å². The maximum Gasteiger partial charge on any atom is 0.239 e. The summed E-state index contributed by atoms with van der Waals surface area (Å²) in [5.41, 5.74) is 7.75. The number of ether oxygens (including phenoxy) is 3. The number of nitrogens with two attached hydrogens (primary N) is 1. The first-order valence-corrected chi connectivity index (χ1v) is 11.9. The van der Waals surface area contributed by atoms with Crippen LogP contribution in [0.4, 0.5) is 0 Å². The highest BCUT2D eigenvalue weighted by molar-refractivity contribution is 5.82. The molecule has 0 bridgehead atoms. The fourth-order valence-corrected chi connectivity index (χ4v) is 5.48. The molecule has 2 fully saturated rings. The maximum atomic E-state index is 12.8. The van der Waals surface area contributed by atoms with E-state index in [9.17, 15) is 4.79 Å². The zero-order valence-corrected chi connectivity index (χ0v) is 19.1. The van der Waals surface area contributed by atoms with Gasteiger partial charge in [-0.05, 0) is 37.5 Å². The molecule has 0 aliphatic carbocycles. The lowest BCUT2D eigenvalue weighted by Gasteiger charge is -2.48. The van der Waals surface area contributed by atoms with Gasteiger partial charge in [0.2, 0.25) is 5.91 Å². The molecule has 7 heteroatoms. The molecule has 0 saturated carbocycles. The third-order valence-corrected chi connectivity index (χ3v) is 7.71. The standard InChI is InChI=1S/C24H38N3O4/c1-3-27(18(2)16-19-4-5-21-22(17-19)31-15-14-30-21)10-6-20(7-11-27)23(25)24(28)26-8-12-29-13-9-26/h4-5,17-18,20,23H,3,6-16,25H2,1-2H3/q+1. The summed E-state index contributed by atoms with van der Waals surface area (Å²) < 4.78 is 17.9. The number of hydrogen-bond donors (Lipinski definition) is 1. The minimum Gasteiger partial charge on any atom is -0.486 e. The summed E-state index contributed by atoms with van der Waals surface area (Å²) >= 11 is 0. The minimum absolute atomic E-state index is 0.106. The van der Waals surface area contributed by atoms with Gasteiger partial charge in [0.15, 0.2) is 11.5 Å². The predicted octanol–water partition coefficient (Wildman–Crippen LogP) is 1.82. The number of amides is 1. The summed E-state index contributed by atoms with van der Waals surface area (Å²) in [5, 5.41) is 0. The van der Waals surface area contributed by atoms with Crippen molar-refractivity contribution in [2.75, 3.05) is 59.2 Å². The van der Waals surface area contributed by atoms with Crippen LogP contribution in [0.5, 0.6) is 11.5 Å². The summed E-state index contributed by atoms with van der Waals surface area (Å²) in [6, 6.07) is 6.46. The van der Waals surface area contributed by atoms with Crippen LogP contribution in [0.3, 0.4) is 0 Å². The highest BCUT2D eigenvalue weighted by Crippen LogP contribution is 2.33. The number of fused-ring (bicyclic) bond motifs is 1. The van der Waals surface area contributed by atoms with Crippen LogP contribution in [0.15, 0.2) is 18.2 Å². The number of quaternary nitrogens is 1. The van der Waals surface area contributed by atoms with E-state index >= 15 is 0 Å². The third-order valence-electron chi connectivity index (χ3n) is 7.71. The van der Waals surface area contributed by atoms with Crippen molar-refractivity contribution in [1.29, 1.82) is 0 Å². The van der Waals surface area contributed by atoms with Crippen molar-refractivity contribution in [3.05, 3.63) is 23.8 Å². The number of likely N-dealkylation sites (N-methyl/N-ethyl adjacent to an activating group) is 1. The Kier molecular flexibility index (Phi) is 7.04. The molecular formula is C24H38N3O4+. The zero-order valence-electron chi connectivity index (χ0n) is 19.1. The Labute approximate surface area is 186 Å². The van der Waals surface area contributed by atoms with Gasteiger partial charge in [-0.25, -0.2) is 0 Å². The van der Waals surface area contributed by atoms with E-state index in [1.807, 2.05) is 11.0 Å². The first-order chi connectivity index (χ1) is 15.0. The Morgan fingerprint density at radius 2 is 1.81 bits per heavy atom. The topological polar surface area (TPSA) is 74.0 Å². The van der Waals surface area contributed by atoms with E-state index in [1.54, 1.807) is 0 Å². The minimum atomic E-state index is -0.384. The first kappa shape index (κ1) is 22.4. The normalized spacial score (nSPS) is 28.1. The summed E-state index contributed by atoms with van der Waals surface area (Å²) in [6.07, 6.45) is 3.03. The second-order valence-electron chi connectivity index (χ2n) is 9.31. The van der Waals surface area contributed by atoms with E-state index in [1.165, 1.54) is 5.56 Å². The van der Waals surface area contributed by atoms with Gasteiger partial charge in [0.25, 0.3) is 0 Å². The van der Waals surface area contributed by atoms with Gasteiger partial charge in [-0.15, -0.1) is 0 Å². The number of morpholine rings is 1. The highest BCUT2D eigenvalue weighted by atomic mass is 16.6. The molecule has 2 N–H and O–H groups in total. The summed E-state index contributed by atoms with van der Waals surface area (Å²) in [4.78, 5) is 14.7. The number of nitrogens with zero attached hydrogens (tertiary/aromatic N) is 2. The molecule has 3 aliphatic heterocycles. The summed E-state index contributed by atoms with van der Waals surface area (Å²) in [5.74, 6) is 2.09. The molecule has 31 heavy (non-hydrogen) atoms. The predicted molar refractivity (Wildman–Crippen MR) is 119 cm³/mol. The molecular weight excluding hydrogens is 394 g/mol. The molecule has 0 spiro atoms. The van der Waals surface area contributed by atoms with Crippen LogP contribution < -0.4 is 15.2 Å². The number of likely N-dealkylation sites (tertiary alicyclic amines) is 1. The Morgan fingerprint density at radius 1 is 1.13 bits per heavy atom. The Hall–Kier alpha value is -1.83. The molecule has 3 heterocycles. The number of hydrogen-bond acceptors (Lipinski definition) is 5. The third kappa shape index (κ3) is 4.83. The van der Waals surface area contributed by atoms with Crippen molar-refractivity contribution in [3.8, 4) is 11.5 Å². The second kappa shape index (κ2) is 9.76. The van der Waals surface area contributed by atoms with Gasteiger partial charge in [0.1, 0.15) is 13.2 Å². The first-order valence-electron chi connectivity index (χ1n) is 11.9. The van der Waals surface area contributed by atoms with E-state index in [0.29, 0.717) is 45.6 Å². The quantitative estimate of drug-likeness (QED) is 0.694. The molecule has 1 aromatic rings. The van der Waals surface area contributed by atoms with Crippen molar-refractivity contribution in [2.24, 2.45) is 11.7 Å². The van der Waals surface area contributed by atoms with Crippen LogP contribution in [0.25, 0.3) is 0 Å². The van der Waals surface area contributed by atoms with E-state index in [4.69, 9.17) is 19.9 Å². The van der Waals surface area contributed by atoms with Gasteiger partial charge in [-0.3, -0.25) is 4.79 Å². The van der Waals surface area contributed by atoms with Gasteiger partial charge in [0, 0.05) is 32.4 Å². The number of carbonyl (C=O) groups is 1. The SMILES string of the molecule is CC[N+]1(C(C)Cc2ccc3c(c2)OCCO3)CCC(C(N)C(=O)N2CCOCC2)CC1. The van der Waals surface area contributed by atoms with Gasteiger partial charge in [-0.2, -0.15) is 0 Å². The Morgan fingerprint density at radius 3 is 2.48 bits per heavy atom. The average molecular weight is 433 g/mol. The second-order valence-corrected chi connectivity index (χ2v) is 9.31. The van der Waals surface area contributed by atoms with E-state index in [0.717, 1.165) is 54.9 Å². The number of piperidine rings is 1. The molecule has 2 unspecified atom stereocenters. The fourth-order valence-electron chi connectivity index (χ4n) is 5.48. The van der Waals surface area contributed by atoms with Crippen molar-refractivity contribution in [3.63, 3.8) is 0 Å². The van der Waals surface area contributed by atoms with Crippen molar-refractivity contribution in [1.82, 2.24) is 4.90 Å². The van der Waals surface area contributed by atoms with Gasteiger partial charge in [-0.1, -0.05) is 6.07 Å². The van der Waals surface area contributed by atoms with Crippen molar-refractivity contribution in [2.45, 2.75) is 45.2 Å². The monoisotopic (exact) mass is 432 g/mol. The number of benzene rings is 1. The number of rotatable bonds is 6. The van der Waals surface area contributed by atoms with Gasteiger partial charge < -0.3 is 29.3 Å². The summed E-state index contributed by atoms with van der Waals surface area (Å²) in [7, 11) is 0. The molecule has 3 aliphatic rings. The molecule has 1 aromatic carbocycles. The lowest BCUT2D eigenvalue weighted by Crippen LogP contribution is -2.61. The van der Waals surface area contributed by atoms with Crippen molar-refractivity contribution < 1.29 is 23.5 Å². The van der Waals surface area contributed by atoms with Crippen LogP contribution in [0.1, 0.15) is 32.3 Å². The van der Waals surface area contributed by atoms with E-state index in [-0.39, 0.29) is 17.9 Å². The lowest BCUT2D eigenvalue weighted by atomic mass is 9.86. The van der Waals surface area contributed by atoms with Crippen LogP contribution in [0.2, 0.25) is 0 Å². The van der Waals surface area contributed by atoms with Crippen LogP contribution >= 0.6 is 0 Å². The molecule has 0 radical (unpaired) electrons. The molecule has 0 aromatic heterocycles. The van der Waals surface area contributed by atoms with Crippen LogP contribution in [0, 0.1) is 5.92 Å².